The van der Waals surface area contributed by atoms with Gasteiger partial charge in [-0.2, -0.15) is 0 Å². The highest BCUT2D eigenvalue weighted by Crippen LogP contribution is 2.18. The zero-order valence-electron chi connectivity index (χ0n) is 13.3. The summed E-state index contributed by atoms with van der Waals surface area (Å²) in [5.74, 6) is 0.958. The quantitative estimate of drug-likeness (QED) is 0.700. The molecule has 1 N–H and O–H groups in total. The van der Waals surface area contributed by atoms with Crippen molar-refractivity contribution in [1.29, 1.82) is 0 Å². The van der Waals surface area contributed by atoms with Gasteiger partial charge in [-0.1, -0.05) is 60.1 Å². The van der Waals surface area contributed by atoms with E-state index >= 15 is 0 Å². The molecule has 23 heavy (non-hydrogen) atoms. The maximum atomic E-state index is 12.1. The molecule has 2 aromatic rings. The van der Waals surface area contributed by atoms with Crippen molar-refractivity contribution < 1.29 is 4.79 Å². The highest BCUT2D eigenvalue weighted by molar-refractivity contribution is 7.99. The van der Waals surface area contributed by atoms with Crippen molar-refractivity contribution in [2.75, 3.05) is 6.54 Å². The van der Waals surface area contributed by atoms with E-state index in [1.165, 1.54) is 5.56 Å². The predicted molar refractivity (Wildman–Crippen MR) is 100.0 cm³/mol. The van der Waals surface area contributed by atoms with Crippen molar-refractivity contribution >= 4 is 29.3 Å². The van der Waals surface area contributed by atoms with Crippen molar-refractivity contribution in [2.24, 2.45) is 0 Å². The molecule has 0 aliphatic carbocycles. The molecule has 0 fully saturated rings. The molecule has 0 saturated carbocycles. The Morgan fingerprint density at radius 2 is 1.83 bits per heavy atom. The molecule has 0 aromatic heterocycles. The summed E-state index contributed by atoms with van der Waals surface area (Å²) in [6, 6.07) is 18.1. The molecule has 0 radical (unpaired) electrons. The lowest BCUT2D eigenvalue weighted by Gasteiger charge is -2.12. The minimum atomic E-state index is -0.0458. The van der Waals surface area contributed by atoms with Crippen LogP contribution in [-0.2, 0) is 17.0 Å². The fraction of sp³-hybridized carbons (Fsp3) is 0.316. The normalized spacial score (nSPS) is 11.9. The first-order valence-electron chi connectivity index (χ1n) is 7.83. The zero-order chi connectivity index (χ0) is 16.5. The largest absolute Gasteiger partial charge is 0.355 e. The Labute approximate surface area is 147 Å². The van der Waals surface area contributed by atoms with Crippen LogP contribution < -0.4 is 5.32 Å². The van der Waals surface area contributed by atoms with Gasteiger partial charge < -0.3 is 5.32 Å². The summed E-state index contributed by atoms with van der Waals surface area (Å²) in [7, 11) is 0. The highest BCUT2D eigenvalue weighted by atomic mass is 35.5. The first kappa shape index (κ1) is 17.9. The van der Waals surface area contributed by atoms with Gasteiger partial charge in [0.1, 0.15) is 0 Å². The Bertz CT molecular complexity index is 618. The average Bonchev–Trinajstić information content (AvgIpc) is 2.58. The van der Waals surface area contributed by atoms with Crippen molar-refractivity contribution in [1.82, 2.24) is 5.32 Å². The topological polar surface area (TPSA) is 29.1 Å². The highest BCUT2D eigenvalue weighted by Gasteiger charge is 2.12. The van der Waals surface area contributed by atoms with Gasteiger partial charge in [0.25, 0.3) is 0 Å². The molecule has 1 atom stereocenters. The third-order valence-corrected chi connectivity index (χ3v) is 5.17. The maximum absolute atomic E-state index is 12.1. The molecular weight excluding hydrogens is 326 g/mol. The standard InChI is InChI=1S/C19H22ClNOS/c1-15(23-14-16-8-3-2-4-9-16)19(22)21-13-7-11-17-10-5-6-12-18(17)20/h2-6,8-10,12,15H,7,11,13-14H2,1H3,(H,21,22)/t15-/m0/s1. The second-order valence-electron chi connectivity index (χ2n) is 5.42. The summed E-state index contributed by atoms with van der Waals surface area (Å²) in [4.78, 5) is 12.1. The first-order chi connectivity index (χ1) is 11.2. The van der Waals surface area contributed by atoms with Gasteiger partial charge in [-0.25, -0.2) is 0 Å². The van der Waals surface area contributed by atoms with E-state index < -0.39 is 0 Å². The number of halogens is 1. The van der Waals surface area contributed by atoms with Crippen molar-refractivity contribution in [2.45, 2.75) is 30.8 Å². The Morgan fingerprint density at radius 3 is 2.57 bits per heavy atom. The second kappa shape index (κ2) is 9.64. The number of aryl methyl sites for hydroxylation is 1. The molecular formula is C19H22ClNOS. The summed E-state index contributed by atoms with van der Waals surface area (Å²) in [5, 5.41) is 3.76. The van der Waals surface area contributed by atoms with Gasteiger partial charge in [0.2, 0.25) is 5.91 Å². The number of carbonyl (C=O) groups is 1. The number of thioether (sulfide) groups is 1. The van der Waals surface area contributed by atoms with E-state index in [-0.39, 0.29) is 11.2 Å². The van der Waals surface area contributed by atoms with Crippen LogP contribution >= 0.6 is 23.4 Å². The average molecular weight is 348 g/mol. The van der Waals surface area contributed by atoms with Crippen LogP contribution in [0.15, 0.2) is 54.6 Å². The number of benzene rings is 2. The molecule has 2 nitrogen and oxygen atoms in total. The van der Waals surface area contributed by atoms with Crippen LogP contribution in [-0.4, -0.2) is 17.7 Å². The van der Waals surface area contributed by atoms with E-state index in [1.54, 1.807) is 11.8 Å². The Hall–Kier alpha value is -1.45. The smallest absolute Gasteiger partial charge is 0.232 e. The van der Waals surface area contributed by atoms with Crippen LogP contribution in [0.4, 0.5) is 0 Å². The molecule has 0 saturated heterocycles. The summed E-state index contributed by atoms with van der Waals surface area (Å²) < 4.78 is 0. The van der Waals surface area contributed by atoms with E-state index in [4.69, 9.17) is 11.6 Å². The molecule has 122 valence electrons. The number of nitrogens with one attached hydrogen (secondary N) is 1. The van der Waals surface area contributed by atoms with E-state index in [0.29, 0.717) is 6.54 Å². The van der Waals surface area contributed by atoms with Gasteiger partial charge >= 0.3 is 0 Å². The monoisotopic (exact) mass is 347 g/mol. The summed E-state index contributed by atoms with van der Waals surface area (Å²) in [6.07, 6.45) is 1.77. The Morgan fingerprint density at radius 1 is 1.13 bits per heavy atom. The van der Waals surface area contributed by atoms with Crippen molar-refractivity contribution in [3.63, 3.8) is 0 Å². The third-order valence-electron chi connectivity index (χ3n) is 3.59. The molecule has 2 aromatic carbocycles. The van der Waals surface area contributed by atoms with Crippen LogP contribution in [0.5, 0.6) is 0 Å². The molecule has 0 unspecified atom stereocenters. The molecule has 1 amide bonds. The van der Waals surface area contributed by atoms with Crippen LogP contribution in [0.2, 0.25) is 5.02 Å². The van der Waals surface area contributed by atoms with E-state index in [1.807, 2.05) is 49.4 Å². The molecule has 0 aliphatic rings. The van der Waals surface area contributed by atoms with Gasteiger partial charge in [0.05, 0.1) is 5.25 Å². The Kier molecular flexibility index (Phi) is 7.50. The zero-order valence-corrected chi connectivity index (χ0v) is 14.9. The summed E-state index contributed by atoms with van der Waals surface area (Å²) in [6.45, 7) is 2.64. The number of hydrogen-bond acceptors (Lipinski definition) is 2. The number of hydrogen-bond donors (Lipinski definition) is 1. The number of rotatable bonds is 8. The maximum Gasteiger partial charge on any atom is 0.232 e. The van der Waals surface area contributed by atoms with Crippen LogP contribution in [0, 0.1) is 0 Å². The van der Waals surface area contributed by atoms with Crippen LogP contribution in [0.25, 0.3) is 0 Å². The number of carbonyl (C=O) groups excluding carboxylic acids is 1. The molecule has 2 rings (SSSR count). The first-order valence-corrected chi connectivity index (χ1v) is 9.26. The fourth-order valence-electron chi connectivity index (χ4n) is 2.21. The van der Waals surface area contributed by atoms with Gasteiger partial charge in [-0.15, -0.1) is 11.8 Å². The molecule has 0 aliphatic heterocycles. The van der Waals surface area contributed by atoms with Gasteiger partial charge in [0, 0.05) is 17.3 Å². The SMILES string of the molecule is C[C@H](SCc1ccccc1)C(=O)NCCCc1ccccc1Cl. The van der Waals surface area contributed by atoms with Crippen LogP contribution in [0.3, 0.4) is 0 Å². The summed E-state index contributed by atoms with van der Waals surface area (Å²) >= 11 is 7.79. The van der Waals surface area contributed by atoms with E-state index in [2.05, 4.69) is 17.4 Å². The van der Waals surface area contributed by atoms with E-state index in [9.17, 15) is 4.79 Å². The van der Waals surface area contributed by atoms with Gasteiger partial charge in [-0.05, 0) is 37.0 Å². The second-order valence-corrected chi connectivity index (χ2v) is 7.16. The minimum absolute atomic E-state index is 0.0458. The predicted octanol–water partition coefficient (Wildman–Crippen LogP) is 4.71. The van der Waals surface area contributed by atoms with Gasteiger partial charge in [-0.3, -0.25) is 4.79 Å². The summed E-state index contributed by atoms with van der Waals surface area (Å²) in [5.41, 5.74) is 2.38. The molecule has 0 spiro atoms. The Balaban J connectivity index is 1.65. The minimum Gasteiger partial charge on any atom is -0.355 e. The van der Waals surface area contributed by atoms with Crippen molar-refractivity contribution in [3.05, 3.63) is 70.7 Å². The van der Waals surface area contributed by atoms with Crippen molar-refractivity contribution in [3.8, 4) is 0 Å². The molecule has 0 heterocycles. The fourth-order valence-corrected chi connectivity index (χ4v) is 3.31. The van der Waals surface area contributed by atoms with E-state index in [0.717, 1.165) is 29.2 Å². The third kappa shape index (κ3) is 6.28. The lowest BCUT2D eigenvalue weighted by Crippen LogP contribution is -2.31. The van der Waals surface area contributed by atoms with Gasteiger partial charge in [0.15, 0.2) is 0 Å². The number of amides is 1. The lowest BCUT2D eigenvalue weighted by molar-refractivity contribution is -0.120. The lowest BCUT2D eigenvalue weighted by atomic mass is 10.1. The molecule has 4 heteroatoms. The molecule has 0 bridgehead atoms. The van der Waals surface area contributed by atoms with Crippen LogP contribution in [0.1, 0.15) is 24.5 Å².